The molecule has 0 amide bonds. The molecule has 0 unspecified atom stereocenters. The summed E-state index contributed by atoms with van der Waals surface area (Å²) >= 11 is 3.62. The lowest BCUT2D eigenvalue weighted by molar-refractivity contribution is 0.264. The molecule has 1 saturated heterocycles. The summed E-state index contributed by atoms with van der Waals surface area (Å²) in [5, 5.41) is 1.11. The van der Waals surface area contributed by atoms with Gasteiger partial charge in [0, 0.05) is 23.3 Å². The van der Waals surface area contributed by atoms with E-state index < -0.39 is 10.1 Å². The third-order valence-electron chi connectivity index (χ3n) is 6.86. The molecular formula is C25H33BrN4O3S. The van der Waals surface area contributed by atoms with Crippen LogP contribution in [0.5, 0.6) is 0 Å². The first-order valence-electron chi connectivity index (χ1n) is 11.7. The molecule has 1 aliphatic rings. The van der Waals surface area contributed by atoms with Crippen molar-refractivity contribution in [2.45, 2.75) is 53.9 Å². The maximum absolute atomic E-state index is 11.2. The van der Waals surface area contributed by atoms with E-state index in [4.69, 9.17) is 14.2 Å². The largest absolute Gasteiger partial charge is 0.356 e. The van der Waals surface area contributed by atoms with E-state index in [9.17, 15) is 8.42 Å². The van der Waals surface area contributed by atoms with Crippen LogP contribution in [0.2, 0.25) is 0 Å². The van der Waals surface area contributed by atoms with Gasteiger partial charge in [0.25, 0.3) is 10.1 Å². The van der Waals surface area contributed by atoms with Gasteiger partial charge in [0.2, 0.25) is 0 Å². The smallest absolute Gasteiger partial charge is 0.264 e. The zero-order valence-corrected chi connectivity index (χ0v) is 23.2. The number of piperidine rings is 1. The first-order valence-corrected chi connectivity index (χ1v) is 14.3. The molecule has 0 bridgehead atoms. The SMILES string of the molecule is Cc1nc(N2CCC(CCOS(C)(=O)=O)CC2)c2c(C)c(C)n(-c3c(C)cc(Br)cc3C)c2n1. The van der Waals surface area contributed by atoms with Crippen LogP contribution in [0, 0.1) is 40.5 Å². The van der Waals surface area contributed by atoms with Crippen LogP contribution in [0.1, 0.15) is 47.5 Å². The molecule has 1 aromatic carbocycles. The standard InChI is InChI=1S/C25H33BrN4O3S/c1-15-13-21(26)14-16(2)23(15)30-18(4)17(3)22-24(27-19(5)28-25(22)30)29-10-7-20(8-11-29)9-12-33-34(6,31)32/h13-14,20H,7-12H2,1-6H3. The van der Waals surface area contributed by atoms with Gasteiger partial charge < -0.3 is 4.90 Å². The fraction of sp³-hybridized carbons (Fsp3) is 0.520. The van der Waals surface area contributed by atoms with E-state index in [1.807, 2.05) is 6.92 Å². The number of aromatic nitrogens is 3. The second-order valence-electron chi connectivity index (χ2n) is 9.47. The van der Waals surface area contributed by atoms with Crippen LogP contribution in [-0.2, 0) is 14.3 Å². The first kappa shape index (κ1) is 25.1. The van der Waals surface area contributed by atoms with E-state index in [-0.39, 0.29) is 6.61 Å². The Morgan fingerprint density at radius 3 is 2.26 bits per heavy atom. The van der Waals surface area contributed by atoms with Crippen molar-refractivity contribution >= 4 is 42.9 Å². The second-order valence-corrected chi connectivity index (χ2v) is 12.0. The fourth-order valence-corrected chi connectivity index (χ4v) is 6.19. The predicted octanol–water partition coefficient (Wildman–Crippen LogP) is 5.31. The van der Waals surface area contributed by atoms with E-state index in [1.54, 1.807) is 0 Å². The van der Waals surface area contributed by atoms with Crippen molar-refractivity contribution in [3.05, 3.63) is 44.8 Å². The molecule has 1 fully saturated rings. The van der Waals surface area contributed by atoms with Crippen molar-refractivity contribution in [1.82, 2.24) is 14.5 Å². The number of nitrogens with zero attached hydrogens (tertiary/aromatic N) is 4. The maximum Gasteiger partial charge on any atom is 0.264 e. The van der Waals surface area contributed by atoms with Crippen LogP contribution in [0.3, 0.4) is 0 Å². The van der Waals surface area contributed by atoms with E-state index in [2.05, 4.69) is 65.2 Å². The second kappa shape index (κ2) is 9.59. The highest BCUT2D eigenvalue weighted by Crippen LogP contribution is 2.37. The molecular weight excluding hydrogens is 516 g/mol. The Balaban J connectivity index is 1.68. The Kier molecular flexibility index (Phi) is 7.09. The zero-order chi connectivity index (χ0) is 24.8. The van der Waals surface area contributed by atoms with Crippen LogP contribution in [0.15, 0.2) is 16.6 Å². The molecule has 3 heterocycles. The molecule has 2 aromatic heterocycles. The molecule has 0 atom stereocenters. The number of rotatable bonds is 6. The van der Waals surface area contributed by atoms with Gasteiger partial charge in [0.05, 0.1) is 23.9 Å². The Morgan fingerprint density at radius 1 is 1.06 bits per heavy atom. The van der Waals surface area contributed by atoms with Crippen LogP contribution in [0.4, 0.5) is 5.82 Å². The Labute approximate surface area is 210 Å². The monoisotopic (exact) mass is 548 g/mol. The molecule has 4 rings (SSSR count). The number of fused-ring (bicyclic) bond motifs is 1. The normalized spacial score (nSPS) is 15.4. The molecule has 9 heteroatoms. The third kappa shape index (κ3) is 5.02. The zero-order valence-electron chi connectivity index (χ0n) is 20.8. The van der Waals surface area contributed by atoms with Gasteiger partial charge in [-0.25, -0.2) is 9.97 Å². The van der Waals surface area contributed by atoms with Crippen LogP contribution in [0.25, 0.3) is 16.7 Å². The van der Waals surface area contributed by atoms with Gasteiger partial charge in [-0.15, -0.1) is 0 Å². The molecule has 184 valence electrons. The van der Waals surface area contributed by atoms with E-state index in [1.165, 1.54) is 28.1 Å². The molecule has 1 aliphatic heterocycles. The van der Waals surface area contributed by atoms with E-state index in [0.29, 0.717) is 5.92 Å². The molecule has 34 heavy (non-hydrogen) atoms. The summed E-state index contributed by atoms with van der Waals surface area (Å²) < 4.78 is 30.8. The highest BCUT2D eigenvalue weighted by Gasteiger charge is 2.26. The van der Waals surface area contributed by atoms with E-state index >= 15 is 0 Å². The minimum Gasteiger partial charge on any atom is -0.356 e. The van der Waals surface area contributed by atoms with Crippen molar-refractivity contribution < 1.29 is 12.6 Å². The average Bonchev–Trinajstić information content (AvgIpc) is 2.97. The highest BCUT2D eigenvalue weighted by atomic mass is 79.9. The van der Waals surface area contributed by atoms with Crippen molar-refractivity contribution in [3.8, 4) is 5.69 Å². The van der Waals surface area contributed by atoms with Gasteiger partial charge in [-0.1, -0.05) is 15.9 Å². The number of benzene rings is 1. The molecule has 0 spiro atoms. The van der Waals surface area contributed by atoms with Gasteiger partial charge in [0.1, 0.15) is 11.6 Å². The summed E-state index contributed by atoms with van der Waals surface area (Å²) in [4.78, 5) is 12.2. The molecule has 7 nitrogen and oxygen atoms in total. The molecule has 3 aromatic rings. The highest BCUT2D eigenvalue weighted by molar-refractivity contribution is 9.10. The summed E-state index contributed by atoms with van der Waals surface area (Å²) in [6.07, 6.45) is 3.84. The maximum atomic E-state index is 11.2. The lowest BCUT2D eigenvalue weighted by Gasteiger charge is -2.33. The predicted molar refractivity (Wildman–Crippen MR) is 141 cm³/mol. The topological polar surface area (TPSA) is 77.3 Å². The van der Waals surface area contributed by atoms with Crippen molar-refractivity contribution in [2.24, 2.45) is 5.92 Å². The molecule has 0 N–H and O–H groups in total. The summed E-state index contributed by atoms with van der Waals surface area (Å²) in [5.41, 5.74) is 6.90. The van der Waals surface area contributed by atoms with Crippen LogP contribution in [-0.4, -0.2) is 48.9 Å². The van der Waals surface area contributed by atoms with Gasteiger partial charge in [-0.2, -0.15) is 8.42 Å². The van der Waals surface area contributed by atoms with E-state index in [0.717, 1.165) is 65.8 Å². The number of hydrogen-bond donors (Lipinski definition) is 0. The number of hydrogen-bond acceptors (Lipinski definition) is 6. The molecule has 0 saturated carbocycles. The first-order chi connectivity index (χ1) is 16.0. The Morgan fingerprint density at radius 2 is 1.68 bits per heavy atom. The summed E-state index contributed by atoms with van der Waals surface area (Å²) in [7, 11) is -3.38. The molecule has 0 aliphatic carbocycles. The van der Waals surface area contributed by atoms with Crippen LogP contribution < -0.4 is 4.90 Å². The quantitative estimate of drug-likeness (QED) is 0.388. The lowest BCUT2D eigenvalue weighted by Crippen LogP contribution is -2.35. The van der Waals surface area contributed by atoms with Gasteiger partial charge in [-0.05, 0) is 88.6 Å². The number of halogens is 1. The third-order valence-corrected chi connectivity index (χ3v) is 7.92. The Bertz CT molecular complexity index is 1320. The van der Waals surface area contributed by atoms with Crippen molar-refractivity contribution in [3.63, 3.8) is 0 Å². The van der Waals surface area contributed by atoms with Crippen molar-refractivity contribution in [2.75, 3.05) is 30.9 Å². The summed E-state index contributed by atoms with van der Waals surface area (Å²) in [5.74, 6) is 2.22. The summed E-state index contributed by atoms with van der Waals surface area (Å²) in [6.45, 7) is 12.6. The fourth-order valence-electron chi connectivity index (χ4n) is 5.11. The van der Waals surface area contributed by atoms with Crippen LogP contribution >= 0.6 is 15.9 Å². The minimum atomic E-state index is -3.38. The van der Waals surface area contributed by atoms with Gasteiger partial charge >= 0.3 is 0 Å². The minimum absolute atomic E-state index is 0.257. The summed E-state index contributed by atoms with van der Waals surface area (Å²) in [6, 6.07) is 4.30. The van der Waals surface area contributed by atoms with Gasteiger partial charge in [-0.3, -0.25) is 8.75 Å². The number of anilines is 1. The number of aryl methyl sites for hydroxylation is 4. The van der Waals surface area contributed by atoms with Gasteiger partial charge in [0.15, 0.2) is 5.65 Å². The Hall–Kier alpha value is -1.97. The van der Waals surface area contributed by atoms with Crippen molar-refractivity contribution in [1.29, 1.82) is 0 Å². The lowest BCUT2D eigenvalue weighted by atomic mass is 9.94. The average molecular weight is 550 g/mol. The molecule has 0 radical (unpaired) electrons.